The van der Waals surface area contributed by atoms with Crippen molar-refractivity contribution in [1.82, 2.24) is 4.98 Å². The Bertz CT molecular complexity index is 883. The first-order valence-electron chi connectivity index (χ1n) is 8.18. The van der Waals surface area contributed by atoms with E-state index in [0.717, 1.165) is 4.70 Å². The van der Waals surface area contributed by atoms with E-state index in [-0.39, 0.29) is 39.7 Å². The summed E-state index contributed by atoms with van der Waals surface area (Å²) in [5.74, 6) is -0.0565. The minimum Gasteiger partial charge on any atom is -0.469 e. The van der Waals surface area contributed by atoms with Crippen molar-refractivity contribution in [2.45, 2.75) is 18.2 Å². The maximum Gasteiger partial charge on any atom is 0.309 e. The van der Waals surface area contributed by atoms with Crippen LogP contribution in [0.1, 0.15) is 13.8 Å². The van der Waals surface area contributed by atoms with Crippen LogP contribution in [0.2, 0.25) is 0 Å². The smallest absolute Gasteiger partial charge is 0.309 e. The highest BCUT2D eigenvalue weighted by molar-refractivity contribution is 7.93. The average molecular weight is 380 g/mol. The fourth-order valence-electron chi connectivity index (χ4n) is 3.07. The van der Waals surface area contributed by atoms with Gasteiger partial charge in [-0.15, -0.1) is 11.3 Å². The number of aromatic nitrogens is 1. The highest BCUT2D eigenvalue weighted by Gasteiger charge is 2.50. The van der Waals surface area contributed by atoms with Crippen LogP contribution in [0.15, 0.2) is 40.8 Å². The van der Waals surface area contributed by atoms with E-state index in [1.807, 2.05) is 50.3 Å². The van der Waals surface area contributed by atoms with Gasteiger partial charge in [-0.3, -0.25) is 4.79 Å². The lowest BCUT2D eigenvalue weighted by molar-refractivity contribution is -0.142. The number of nitrogens with zero attached hydrogens (tertiary/aromatic N) is 1. The Morgan fingerprint density at radius 3 is 2.80 bits per heavy atom. The summed E-state index contributed by atoms with van der Waals surface area (Å²) in [5, 5.41) is 0. The molecule has 2 aromatic rings. The van der Waals surface area contributed by atoms with Crippen molar-refractivity contribution in [1.29, 1.82) is 0 Å². The zero-order valence-electron chi connectivity index (χ0n) is 14.4. The van der Waals surface area contributed by atoms with Gasteiger partial charge in [0.2, 0.25) is 14.2 Å². The average Bonchev–Trinajstić information content (AvgIpc) is 3.02. The lowest BCUT2D eigenvalue weighted by atomic mass is 10.1. The van der Waals surface area contributed by atoms with Gasteiger partial charge >= 0.3 is 5.97 Å². The zero-order chi connectivity index (χ0) is 18.2. The molecular weight excluding hydrogens is 358 g/mol. The van der Waals surface area contributed by atoms with Crippen molar-refractivity contribution in [3.05, 3.63) is 36.4 Å². The summed E-state index contributed by atoms with van der Waals surface area (Å²) < 4.78 is 31.0. The Balaban J connectivity index is 1.66. The van der Waals surface area contributed by atoms with Gasteiger partial charge in [0.1, 0.15) is 0 Å². The van der Waals surface area contributed by atoms with Gasteiger partial charge in [0.25, 0.3) is 0 Å². The first-order valence-corrected chi connectivity index (χ1v) is 10.6. The second-order valence-corrected chi connectivity index (χ2v) is 9.82. The van der Waals surface area contributed by atoms with Crippen molar-refractivity contribution in [2.24, 2.45) is 23.7 Å². The Kier molecular flexibility index (Phi) is 4.97. The number of benzene rings is 1. The van der Waals surface area contributed by atoms with Crippen LogP contribution in [-0.2, 0) is 19.4 Å². The van der Waals surface area contributed by atoms with Crippen LogP contribution in [0.25, 0.3) is 10.2 Å². The molecule has 0 saturated heterocycles. The van der Waals surface area contributed by atoms with Gasteiger partial charge in [0, 0.05) is 0 Å². The number of esters is 1. The van der Waals surface area contributed by atoms with Crippen LogP contribution in [-0.4, -0.2) is 32.2 Å². The molecule has 0 N–H and O–H groups in total. The molecule has 1 aromatic heterocycles. The number of carbonyl (C=O) groups excluding carboxylic acids is 1. The largest absolute Gasteiger partial charge is 0.469 e. The number of rotatable bonds is 6. The van der Waals surface area contributed by atoms with Crippen molar-refractivity contribution >= 4 is 37.4 Å². The third-order valence-corrected chi connectivity index (χ3v) is 8.04. The molecule has 25 heavy (non-hydrogen) atoms. The molecule has 5 nitrogen and oxygen atoms in total. The molecule has 1 aliphatic carbocycles. The molecule has 134 valence electrons. The minimum atomic E-state index is -3.43. The molecule has 0 bridgehead atoms. The van der Waals surface area contributed by atoms with E-state index < -0.39 is 9.84 Å². The van der Waals surface area contributed by atoms with E-state index in [2.05, 4.69) is 4.98 Å². The van der Waals surface area contributed by atoms with Gasteiger partial charge in [-0.1, -0.05) is 38.1 Å². The number of ether oxygens (including phenoxy) is 1. The molecule has 0 amide bonds. The number of para-hydroxylation sites is 1. The number of hydrogen-bond donors (Lipinski definition) is 0. The molecule has 0 radical (unpaired) electrons. The van der Waals surface area contributed by atoms with Crippen LogP contribution in [0.5, 0.6) is 0 Å². The van der Waals surface area contributed by atoms with Crippen LogP contribution < -0.4 is 0 Å². The van der Waals surface area contributed by atoms with Crippen molar-refractivity contribution in [3.63, 3.8) is 0 Å². The predicted molar refractivity (Wildman–Crippen MR) is 98.1 cm³/mol. The summed E-state index contributed by atoms with van der Waals surface area (Å²) in [4.78, 5) is 15.8. The second kappa shape index (κ2) is 6.88. The summed E-state index contributed by atoms with van der Waals surface area (Å²) in [6.45, 7) is 3.86. The van der Waals surface area contributed by atoms with Crippen molar-refractivity contribution in [3.8, 4) is 0 Å². The predicted octanol–water partition coefficient (Wildman–Crippen LogP) is 3.32. The molecule has 0 aliphatic heterocycles. The SMILES string of the molecule is COC(=O)[C@H]1[C@H](C)[C@@H]1/C=C/[C@@H](C)CS(=O)(=O)c1nc2ccccc2s1. The van der Waals surface area contributed by atoms with Gasteiger partial charge in [0.15, 0.2) is 0 Å². The highest BCUT2D eigenvalue weighted by Crippen LogP contribution is 2.47. The Hall–Kier alpha value is -1.73. The molecule has 0 unspecified atom stereocenters. The summed E-state index contributed by atoms with van der Waals surface area (Å²) in [5.41, 5.74) is 0.710. The maximum absolute atomic E-state index is 12.6. The fourth-order valence-corrected chi connectivity index (χ4v) is 5.93. The highest BCUT2D eigenvalue weighted by atomic mass is 32.2. The van der Waals surface area contributed by atoms with Crippen molar-refractivity contribution < 1.29 is 17.9 Å². The monoisotopic (exact) mass is 379 g/mol. The van der Waals surface area contributed by atoms with E-state index in [1.165, 1.54) is 18.4 Å². The number of methoxy groups -OCH3 is 1. The summed E-state index contributed by atoms with van der Waals surface area (Å²) in [7, 11) is -2.04. The summed E-state index contributed by atoms with van der Waals surface area (Å²) in [6.07, 6.45) is 3.83. The van der Waals surface area contributed by atoms with Crippen molar-refractivity contribution in [2.75, 3.05) is 12.9 Å². The lowest BCUT2D eigenvalue weighted by Crippen LogP contribution is -2.12. The first kappa shape index (κ1) is 18.1. The van der Waals surface area contributed by atoms with Crippen LogP contribution in [0.4, 0.5) is 0 Å². The maximum atomic E-state index is 12.6. The number of fused-ring (bicyclic) bond motifs is 1. The van der Waals surface area contributed by atoms with E-state index in [0.29, 0.717) is 5.52 Å². The molecule has 1 heterocycles. The Morgan fingerprint density at radius 1 is 1.40 bits per heavy atom. The summed E-state index contributed by atoms with van der Waals surface area (Å²) in [6, 6.07) is 7.40. The molecule has 4 atom stereocenters. The van der Waals surface area contributed by atoms with Gasteiger partial charge in [0.05, 0.1) is 29.0 Å². The van der Waals surface area contributed by atoms with E-state index in [4.69, 9.17) is 4.74 Å². The Labute approximate surface area is 151 Å². The number of thiazole rings is 1. The number of allylic oxidation sites excluding steroid dienone is 2. The molecule has 1 fully saturated rings. The normalized spacial score (nSPS) is 24.5. The molecule has 3 rings (SSSR count). The van der Waals surface area contributed by atoms with E-state index >= 15 is 0 Å². The third-order valence-electron chi connectivity index (χ3n) is 4.61. The van der Waals surface area contributed by atoms with Gasteiger partial charge < -0.3 is 4.74 Å². The van der Waals surface area contributed by atoms with E-state index in [1.54, 1.807) is 0 Å². The molecule has 1 aliphatic rings. The molecular formula is C18H21NO4S2. The standard InChI is InChI=1S/C18H21NO4S2/c1-11(8-9-13-12(2)16(13)17(20)23-3)10-25(21,22)18-19-14-6-4-5-7-15(14)24-18/h4-9,11-13,16H,10H2,1-3H3/b9-8+/t11-,12-,13+,16+/m1/s1. The van der Waals surface area contributed by atoms with Crippen LogP contribution >= 0.6 is 11.3 Å². The van der Waals surface area contributed by atoms with Gasteiger partial charge in [-0.2, -0.15) is 0 Å². The quantitative estimate of drug-likeness (QED) is 0.569. The first-order chi connectivity index (χ1) is 11.8. The third kappa shape index (κ3) is 3.77. The number of carbonyl (C=O) groups is 1. The Morgan fingerprint density at radius 2 is 2.12 bits per heavy atom. The molecule has 1 saturated carbocycles. The number of sulfone groups is 1. The lowest BCUT2D eigenvalue weighted by Gasteiger charge is -2.05. The molecule has 0 spiro atoms. The zero-order valence-corrected chi connectivity index (χ0v) is 16.0. The van der Waals surface area contributed by atoms with Gasteiger partial charge in [-0.25, -0.2) is 13.4 Å². The van der Waals surface area contributed by atoms with Crippen LogP contribution in [0.3, 0.4) is 0 Å². The van der Waals surface area contributed by atoms with E-state index in [9.17, 15) is 13.2 Å². The second-order valence-electron chi connectivity index (χ2n) is 6.58. The molecule has 1 aromatic carbocycles. The topological polar surface area (TPSA) is 73.3 Å². The molecule has 7 heteroatoms. The minimum absolute atomic E-state index is 0.00726. The van der Waals surface area contributed by atoms with Crippen LogP contribution in [0, 0.1) is 23.7 Å². The summed E-state index contributed by atoms with van der Waals surface area (Å²) >= 11 is 1.21. The van der Waals surface area contributed by atoms with Gasteiger partial charge in [-0.05, 0) is 29.9 Å². The number of hydrogen-bond acceptors (Lipinski definition) is 6. The fraction of sp³-hybridized carbons (Fsp3) is 0.444.